The summed E-state index contributed by atoms with van der Waals surface area (Å²) in [7, 11) is 0. The van der Waals surface area contributed by atoms with Crippen molar-refractivity contribution in [3.05, 3.63) is 71.3 Å². The summed E-state index contributed by atoms with van der Waals surface area (Å²) in [6.07, 6.45) is 2.17. The molecule has 3 unspecified atom stereocenters. The first-order valence-electron chi connectivity index (χ1n) is 11.9. The molecule has 202 valence electrons. The van der Waals surface area contributed by atoms with E-state index in [0.29, 0.717) is 10.5 Å². The molecule has 2 aromatic rings. The second kappa shape index (κ2) is 12.6. The van der Waals surface area contributed by atoms with E-state index in [1.165, 1.54) is 0 Å². The largest absolute Gasteiger partial charge is 0.381 e. The number of aliphatic hydroxyl groups is 1. The Hall–Kier alpha value is -3.91. The van der Waals surface area contributed by atoms with Gasteiger partial charge < -0.3 is 20.6 Å². The van der Waals surface area contributed by atoms with Gasteiger partial charge in [0, 0.05) is 31.4 Å². The molecule has 1 fully saturated rings. The molecule has 3 amide bonds. The van der Waals surface area contributed by atoms with Crippen molar-refractivity contribution in [1.82, 2.24) is 15.5 Å². The van der Waals surface area contributed by atoms with Crippen LogP contribution in [0.4, 0.5) is 17.6 Å². The van der Waals surface area contributed by atoms with E-state index in [0.717, 1.165) is 18.2 Å². The molecule has 0 radical (unpaired) electrons. The summed E-state index contributed by atoms with van der Waals surface area (Å²) in [5.41, 5.74) is 0.177. The topological polar surface area (TPSA) is 98.7 Å². The molecule has 3 atom stereocenters. The standard InChI is InChI=1S/C27H27F4N3O4/c1-2-3-12-23(35)33-21(13-17-8-5-4-6-9-17)24(36)26(38)34-16-27(30,31)14-22(34)25(37)32-15-18-19(28)10-7-11-20(18)29/h1,4-11,21-22,24,36H,3,12-16H2,(H,32,37)(H,33,35). The van der Waals surface area contributed by atoms with Crippen LogP contribution in [0.15, 0.2) is 48.5 Å². The van der Waals surface area contributed by atoms with Crippen molar-refractivity contribution < 1.29 is 37.1 Å². The quantitative estimate of drug-likeness (QED) is 0.323. The summed E-state index contributed by atoms with van der Waals surface area (Å²) >= 11 is 0. The molecule has 2 aromatic carbocycles. The van der Waals surface area contributed by atoms with E-state index in [2.05, 4.69) is 16.6 Å². The van der Waals surface area contributed by atoms with Gasteiger partial charge in [-0.2, -0.15) is 0 Å². The predicted octanol–water partition coefficient (Wildman–Crippen LogP) is 2.32. The van der Waals surface area contributed by atoms with Crippen molar-refractivity contribution in [3.8, 4) is 12.3 Å². The lowest BCUT2D eigenvalue weighted by Gasteiger charge is -2.30. The molecule has 0 aliphatic carbocycles. The monoisotopic (exact) mass is 533 g/mol. The lowest BCUT2D eigenvalue weighted by atomic mass is 9.99. The number of alkyl halides is 2. The average molecular weight is 534 g/mol. The molecular weight excluding hydrogens is 506 g/mol. The lowest BCUT2D eigenvalue weighted by Crippen LogP contribution is -2.55. The van der Waals surface area contributed by atoms with E-state index in [9.17, 15) is 37.1 Å². The van der Waals surface area contributed by atoms with Gasteiger partial charge in [-0.05, 0) is 24.1 Å². The number of hydrogen-bond acceptors (Lipinski definition) is 4. The Bertz CT molecular complexity index is 1180. The molecule has 1 saturated heterocycles. The molecule has 0 aromatic heterocycles. The van der Waals surface area contributed by atoms with Gasteiger partial charge in [-0.25, -0.2) is 17.6 Å². The predicted molar refractivity (Wildman–Crippen MR) is 129 cm³/mol. The Balaban J connectivity index is 1.78. The number of rotatable bonds is 10. The summed E-state index contributed by atoms with van der Waals surface area (Å²) in [5, 5.41) is 15.6. The van der Waals surface area contributed by atoms with Crippen LogP contribution in [-0.2, 0) is 27.3 Å². The molecule has 0 spiro atoms. The smallest absolute Gasteiger partial charge is 0.267 e. The van der Waals surface area contributed by atoms with E-state index in [-0.39, 0.29) is 19.3 Å². The van der Waals surface area contributed by atoms with Crippen LogP contribution in [0.3, 0.4) is 0 Å². The summed E-state index contributed by atoms with van der Waals surface area (Å²) < 4.78 is 56.5. The number of carbonyl (C=O) groups is 3. The van der Waals surface area contributed by atoms with Crippen molar-refractivity contribution in [1.29, 1.82) is 0 Å². The molecule has 7 nitrogen and oxygen atoms in total. The van der Waals surface area contributed by atoms with Gasteiger partial charge in [0.1, 0.15) is 17.7 Å². The van der Waals surface area contributed by atoms with Crippen molar-refractivity contribution >= 4 is 17.7 Å². The Labute approximate surface area is 217 Å². The molecule has 0 bridgehead atoms. The molecule has 1 aliphatic rings. The molecule has 3 rings (SSSR count). The van der Waals surface area contributed by atoms with Crippen molar-refractivity contribution in [2.24, 2.45) is 0 Å². The maximum Gasteiger partial charge on any atom is 0.267 e. The molecule has 1 aliphatic heterocycles. The van der Waals surface area contributed by atoms with Crippen molar-refractivity contribution in [2.45, 2.75) is 56.3 Å². The van der Waals surface area contributed by atoms with Gasteiger partial charge >= 0.3 is 0 Å². The number of nitrogens with zero attached hydrogens (tertiary/aromatic N) is 1. The van der Waals surface area contributed by atoms with Gasteiger partial charge in [0.2, 0.25) is 11.8 Å². The molecule has 38 heavy (non-hydrogen) atoms. The highest BCUT2D eigenvalue weighted by Crippen LogP contribution is 2.33. The van der Waals surface area contributed by atoms with Crippen LogP contribution < -0.4 is 10.6 Å². The number of nitrogens with one attached hydrogen (secondary N) is 2. The summed E-state index contributed by atoms with van der Waals surface area (Å²) in [4.78, 5) is 38.8. The number of benzene rings is 2. The highest BCUT2D eigenvalue weighted by molar-refractivity contribution is 5.91. The molecule has 11 heteroatoms. The minimum absolute atomic E-state index is 0.0107. The Morgan fingerprint density at radius 1 is 1.11 bits per heavy atom. The number of likely N-dealkylation sites (tertiary alicyclic amines) is 1. The first-order chi connectivity index (χ1) is 18.0. The normalized spacial score (nSPS) is 17.8. The number of hydrogen-bond donors (Lipinski definition) is 3. The lowest BCUT2D eigenvalue weighted by molar-refractivity contribution is -0.147. The Morgan fingerprint density at radius 3 is 2.39 bits per heavy atom. The van der Waals surface area contributed by atoms with Gasteiger partial charge in [0.05, 0.1) is 12.6 Å². The van der Waals surface area contributed by atoms with Gasteiger partial charge in [-0.3, -0.25) is 14.4 Å². The first-order valence-corrected chi connectivity index (χ1v) is 11.9. The van der Waals surface area contributed by atoms with Gasteiger partial charge in [-0.1, -0.05) is 36.4 Å². The maximum atomic E-state index is 14.4. The zero-order chi connectivity index (χ0) is 27.9. The summed E-state index contributed by atoms with van der Waals surface area (Å²) in [6, 6.07) is 8.72. The fourth-order valence-corrected chi connectivity index (χ4v) is 4.19. The number of carbonyl (C=O) groups excluding carboxylic acids is 3. The van der Waals surface area contributed by atoms with E-state index >= 15 is 0 Å². The zero-order valence-corrected chi connectivity index (χ0v) is 20.3. The summed E-state index contributed by atoms with van der Waals surface area (Å²) in [5.74, 6) is -5.84. The third kappa shape index (κ3) is 7.32. The van der Waals surface area contributed by atoms with Crippen LogP contribution in [0.1, 0.15) is 30.4 Å². The van der Waals surface area contributed by atoms with Crippen molar-refractivity contribution in [2.75, 3.05) is 6.54 Å². The van der Waals surface area contributed by atoms with Crippen LogP contribution in [0.2, 0.25) is 0 Å². The van der Waals surface area contributed by atoms with Crippen LogP contribution in [0.5, 0.6) is 0 Å². The van der Waals surface area contributed by atoms with Gasteiger partial charge in [0.15, 0.2) is 6.10 Å². The number of terminal acetylenes is 1. The van der Waals surface area contributed by atoms with E-state index in [1.807, 2.05) is 0 Å². The second-order valence-corrected chi connectivity index (χ2v) is 8.97. The Kier molecular flexibility index (Phi) is 9.47. The maximum absolute atomic E-state index is 14.4. The number of amides is 3. The van der Waals surface area contributed by atoms with E-state index < -0.39 is 78.5 Å². The van der Waals surface area contributed by atoms with E-state index in [1.54, 1.807) is 30.3 Å². The minimum Gasteiger partial charge on any atom is -0.381 e. The first kappa shape index (κ1) is 28.7. The summed E-state index contributed by atoms with van der Waals surface area (Å²) in [6.45, 7) is -1.79. The third-order valence-corrected chi connectivity index (χ3v) is 6.13. The van der Waals surface area contributed by atoms with Crippen LogP contribution in [-0.4, -0.2) is 58.4 Å². The fraction of sp³-hybridized carbons (Fsp3) is 0.370. The van der Waals surface area contributed by atoms with Gasteiger partial charge in [0.25, 0.3) is 11.8 Å². The zero-order valence-electron chi connectivity index (χ0n) is 20.3. The Morgan fingerprint density at radius 2 is 1.76 bits per heavy atom. The van der Waals surface area contributed by atoms with Crippen molar-refractivity contribution in [3.63, 3.8) is 0 Å². The number of aliphatic hydroxyl groups excluding tert-OH is 1. The molecule has 1 heterocycles. The highest BCUT2D eigenvalue weighted by atomic mass is 19.3. The van der Waals surface area contributed by atoms with Crippen LogP contribution in [0, 0.1) is 24.0 Å². The fourth-order valence-electron chi connectivity index (χ4n) is 4.19. The average Bonchev–Trinajstić information content (AvgIpc) is 3.21. The number of halogens is 4. The van der Waals surface area contributed by atoms with E-state index in [4.69, 9.17) is 6.42 Å². The van der Waals surface area contributed by atoms with Crippen LogP contribution >= 0.6 is 0 Å². The highest BCUT2D eigenvalue weighted by Gasteiger charge is 2.51. The molecular formula is C27H27F4N3O4. The SMILES string of the molecule is C#CCCC(=O)NC(Cc1ccccc1)C(O)C(=O)N1CC(F)(F)CC1C(=O)NCc1c(F)cccc1F. The van der Waals surface area contributed by atoms with Crippen LogP contribution in [0.25, 0.3) is 0 Å². The minimum atomic E-state index is -3.45. The molecule has 0 saturated carbocycles. The third-order valence-electron chi connectivity index (χ3n) is 6.13. The molecule has 3 N–H and O–H groups in total. The second-order valence-electron chi connectivity index (χ2n) is 8.97. The van der Waals surface area contributed by atoms with Gasteiger partial charge in [-0.15, -0.1) is 12.3 Å².